The molecule has 0 aliphatic rings. The predicted octanol–water partition coefficient (Wildman–Crippen LogP) is 2.80. The van der Waals surface area contributed by atoms with Crippen LogP contribution in [0, 0.1) is 11.8 Å². The lowest BCUT2D eigenvalue weighted by molar-refractivity contribution is 0.112. The number of benzene rings is 1. The minimum absolute atomic E-state index is 0.0775. The lowest BCUT2D eigenvalue weighted by Gasteiger charge is -2.00. The fourth-order valence-electron chi connectivity index (χ4n) is 1.16. The lowest BCUT2D eigenvalue weighted by Crippen LogP contribution is -1.85. The quantitative estimate of drug-likeness (QED) is 0.604. The van der Waals surface area contributed by atoms with E-state index in [4.69, 9.17) is 0 Å². The van der Waals surface area contributed by atoms with Gasteiger partial charge < -0.3 is 5.11 Å². The Bertz CT molecular complexity index is 485. The van der Waals surface area contributed by atoms with Crippen molar-refractivity contribution in [2.24, 2.45) is 0 Å². The Morgan fingerprint density at radius 2 is 2.00 bits per heavy atom. The summed E-state index contributed by atoms with van der Waals surface area (Å²) in [5.41, 5.74) is 0.941. The van der Waals surface area contributed by atoms with E-state index in [2.05, 4.69) is 11.8 Å². The average molecular weight is 212 g/mol. The van der Waals surface area contributed by atoms with E-state index in [0.29, 0.717) is 17.4 Å². The third-order valence-corrected chi connectivity index (χ3v) is 1.91. The summed E-state index contributed by atoms with van der Waals surface area (Å²) in [5, 5.41) is 9.55. The number of aromatic hydroxyl groups is 1. The second-order valence-electron chi connectivity index (χ2n) is 3.02. The first-order chi connectivity index (χ1) is 7.79. The maximum absolute atomic E-state index is 10.7. The van der Waals surface area contributed by atoms with Crippen LogP contribution in [-0.4, -0.2) is 11.4 Å². The highest BCUT2D eigenvalue weighted by molar-refractivity contribution is 5.84. The van der Waals surface area contributed by atoms with Gasteiger partial charge in [-0.25, -0.2) is 0 Å². The van der Waals surface area contributed by atoms with Crippen LogP contribution in [-0.2, 0) is 0 Å². The predicted molar refractivity (Wildman–Crippen MR) is 65.1 cm³/mol. The van der Waals surface area contributed by atoms with Crippen molar-refractivity contribution in [2.45, 2.75) is 6.92 Å². The Morgan fingerprint density at radius 1 is 1.25 bits per heavy atom. The van der Waals surface area contributed by atoms with Crippen LogP contribution in [0.15, 0.2) is 36.4 Å². The molecule has 0 aliphatic heterocycles. The van der Waals surface area contributed by atoms with Crippen molar-refractivity contribution in [1.29, 1.82) is 0 Å². The molecule has 0 amide bonds. The average Bonchev–Trinajstić information content (AvgIpc) is 2.30. The number of carbonyl (C=O) groups is 1. The molecule has 0 radical (unpaired) electrons. The van der Waals surface area contributed by atoms with E-state index in [1.54, 1.807) is 30.4 Å². The summed E-state index contributed by atoms with van der Waals surface area (Å²) in [6.07, 6.45) is 7.48. The van der Waals surface area contributed by atoms with Crippen molar-refractivity contribution < 1.29 is 9.90 Å². The van der Waals surface area contributed by atoms with Crippen molar-refractivity contribution >= 4 is 12.4 Å². The fourth-order valence-corrected chi connectivity index (χ4v) is 1.16. The molecule has 0 heterocycles. The van der Waals surface area contributed by atoms with Gasteiger partial charge in [0.25, 0.3) is 0 Å². The second-order valence-corrected chi connectivity index (χ2v) is 3.02. The molecule has 1 aromatic carbocycles. The summed E-state index contributed by atoms with van der Waals surface area (Å²) >= 11 is 0. The third kappa shape index (κ3) is 3.14. The number of phenols is 1. The van der Waals surface area contributed by atoms with E-state index in [9.17, 15) is 9.90 Å². The van der Waals surface area contributed by atoms with Gasteiger partial charge in [0.15, 0.2) is 6.29 Å². The molecule has 0 atom stereocenters. The van der Waals surface area contributed by atoms with Crippen molar-refractivity contribution in [3.63, 3.8) is 0 Å². The van der Waals surface area contributed by atoms with Crippen molar-refractivity contribution in [3.8, 4) is 17.6 Å². The summed E-state index contributed by atoms with van der Waals surface area (Å²) in [6, 6.07) is 4.81. The van der Waals surface area contributed by atoms with Crippen LogP contribution in [0.1, 0.15) is 22.8 Å². The normalized spacial score (nSPS) is 10.3. The smallest absolute Gasteiger partial charge is 0.150 e. The number of hydrogen-bond donors (Lipinski definition) is 1. The van der Waals surface area contributed by atoms with Crippen molar-refractivity contribution in [1.82, 2.24) is 0 Å². The highest BCUT2D eigenvalue weighted by atomic mass is 16.3. The molecule has 1 aromatic rings. The molecule has 16 heavy (non-hydrogen) atoms. The van der Waals surface area contributed by atoms with Gasteiger partial charge in [0.2, 0.25) is 0 Å². The SMILES string of the molecule is C/C=C/C#C/C=C/c1c(O)cccc1C=O. The van der Waals surface area contributed by atoms with Crippen LogP contribution in [0.2, 0.25) is 0 Å². The molecular weight excluding hydrogens is 200 g/mol. The van der Waals surface area contributed by atoms with E-state index in [-0.39, 0.29) is 5.75 Å². The molecule has 0 bridgehead atoms. The molecule has 0 saturated carbocycles. The van der Waals surface area contributed by atoms with Gasteiger partial charge in [-0.05, 0) is 31.2 Å². The molecule has 1 N–H and O–H groups in total. The Balaban J connectivity index is 2.97. The van der Waals surface area contributed by atoms with Gasteiger partial charge in [-0.15, -0.1) is 0 Å². The van der Waals surface area contributed by atoms with Gasteiger partial charge in [-0.2, -0.15) is 0 Å². The molecule has 80 valence electrons. The van der Waals surface area contributed by atoms with Gasteiger partial charge in [0.1, 0.15) is 5.75 Å². The molecular formula is C14H12O2. The summed E-state index contributed by atoms with van der Waals surface area (Å²) < 4.78 is 0. The van der Waals surface area contributed by atoms with Crippen LogP contribution in [0.25, 0.3) is 6.08 Å². The van der Waals surface area contributed by atoms with E-state index in [1.165, 1.54) is 6.07 Å². The maximum atomic E-state index is 10.7. The van der Waals surface area contributed by atoms with Crippen LogP contribution in [0.3, 0.4) is 0 Å². The third-order valence-electron chi connectivity index (χ3n) is 1.91. The van der Waals surface area contributed by atoms with Gasteiger partial charge in [-0.3, -0.25) is 4.79 Å². The Labute approximate surface area is 94.9 Å². The first-order valence-corrected chi connectivity index (χ1v) is 4.85. The standard InChI is InChI=1S/C14H12O2/c1-2-3-4-5-6-9-13-12(11-15)8-7-10-14(13)16/h2-3,6-11,16H,1H3/b3-2+,9-6+. The highest BCUT2D eigenvalue weighted by Gasteiger charge is 2.02. The van der Waals surface area contributed by atoms with Crippen LogP contribution >= 0.6 is 0 Å². The van der Waals surface area contributed by atoms with Gasteiger partial charge >= 0.3 is 0 Å². The molecule has 2 heteroatoms. The number of phenolic OH excluding ortho intramolecular Hbond substituents is 1. The Hall–Kier alpha value is -2.27. The van der Waals surface area contributed by atoms with Crippen molar-refractivity contribution in [2.75, 3.05) is 0 Å². The number of allylic oxidation sites excluding steroid dienone is 3. The lowest BCUT2D eigenvalue weighted by atomic mass is 10.1. The highest BCUT2D eigenvalue weighted by Crippen LogP contribution is 2.21. The van der Waals surface area contributed by atoms with Crippen LogP contribution < -0.4 is 0 Å². The molecule has 0 aliphatic carbocycles. The van der Waals surface area contributed by atoms with E-state index >= 15 is 0 Å². The summed E-state index contributed by atoms with van der Waals surface area (Å²) in [4.78, 5) is 10.7. The topological polar surface area (TPSA) is 37.3 Å². The maximum Gasteiger partial charge on any atom is 0.150 e. The molecule has 1 rings (SSSR count). The largest absolute Gasteiger partial charge is 0.507 e. The Morgan fingerprint density at radius 3 is 2.69 bits per heavy atom. The van der Waals surface area contributed by atoms with E-state index < -0.39 is 0 Å². The minimum Gasteiger partial charge on any atom is -0.507 e. The zero-order valence-corrected chi connectivity index (χ0v) is 8.97. The molecule has 0 fully saturated rings. The fraction of sp³-hybridized carbons (Fsp3) is 0.0714. The minimum atomic E-state index is 0.0775. The van der Waals surface area contributed by atoms with Crippen LogP contribution in [0.5, 0.6) is 5.75 Å². The summed E-state index contributed by atoms with van der Waals surface area (Å²) in [6.45, 7) is 1.88. The zero-order valence-electron chi connectivity index (χ0n) is 8.97. The van der Waals surface area contributed by atoms with E-state index in [0.717, 1.165) is 0 Å². The van der Waals surface area contributed by atoms with Crippen LogP contribution in [0.4, 0.5) is 0 Å². The van der Waals surface area contributed by atoms with Gasteiger partial charge in [0, 0.05) is 11.1 Å². The zero-order chi connectivity index (χ0) is 11.8. The molecule has 2 nitrogen and oxygen atoms in total. The van der Waals surface area contributed by atoms with Gasteiger partial charge in [0.05, 0.1) is 0 Å². The number of hydrogen-bond acceptors (Lipinski definition) is 2. The number of carbonyl (C=O) groups excluding carboxylic acids is 1. The monoisotopic (exact) mass is 212 g/mol. The second kappa shape index (κ2) is 6.26. The molecule has 0 aromatic heterocycles. The number of rotatable bonds is 2. The molecule has 0 saturated heterocycles. The first-order valence-electron chi connectivity index (χ1n) is 4.85. The first kappa shape index (κ1) is 11.8. The van der Waals surface area contributed by atoms with E-state index in [1.807, 2.05) is 13.0 Å². The number of aldehydes is 1. The Kier molecular flexibility index (Phi) is 4.62. The summed E-state index contributed by atoms with van der Waals surface area (Å²) in [7, 11) is 0. The molecule has 0 unspecified atom stereocenters. The summed E-state index contributed by atoms with van der Waals surface area (Å²) in [5.74, 6) is 5.62. The van der Waals surface area contributed by atoms with Crippen molar-refractivity contribution in [3.05, 3.63) is 47.6 Å². The molecule has 0 spiro atoms. The van der Waals surface area contributed by atoms with Gasteiger partial charge in [-0.1, -0.05) is 30.0 Å².